The molecule has 0 aromatic carbocycles. The molecule has 0 atom stereocenters. The number of hydrogen-bond acceptors (Lipinski definition) is 3. The van der Waals surface area contributed by atoms with E-state index < -0.39 is 5.79 Å². The summed E-state index contributed by atoms with van der Waals surface area (Å²) in [6.45, 7) is 5.20. The molecule has 0 unspecified atom stereocenters. The minimum atomic E-state index is -0.583. The molecule has 2 heterocycles. The summed E-state index contributed by atoms with van der Waals surface area (Å²) in [5.41, 5.74) is 1.99. The Bertz CT molecular complexity index is 288. The Labute approximate surface area is 77.7 Å². The van der Waals surface area contributed by atoms with Crippen molar-refractivity contribution in [1.29, 1.82) is 0 Å². The summed E-state index contributed by atoms with van der Waals surface area (Å²) < 4.78 is 11.0. The van der Waals surface area contributed by atoms with E-state index in [1.54, 1.807) is 6.20 Å². The normalized spacial score (nSPS) is 20.5. The average molecular weight is 179 g/mol. The van der Waals surface area contributed by atoms with Crippen molar-refractivity contribution in [2.45, 2.75) is 19.6 Å². The summed E-state index contributed by atoms with van der Waals surface area (Å²) in [5, 5.41) is 0. The summed E-state index contributed by atoms with van der Waals surface area (Å²) in [5.74, 6) is -0.583. The van der Waals surface area contributed by atoms with Gasteiger partial charge in [-0.1, -0.05) is 6.07 Å². The Morgan fingerprint density at radius 2 is 2.00 bits per heavy atom. The number of rotatable bonds is 1. The van der Waals surface area contributed by atoms with Crippen molar-refractivity contribution in [3.8, 4) is 0 Å². The van der Waals surface area contributed by atoms with E-state index in [0.717, 1.165) is 11.3 Å². The topological polar surface area (TPSA) is 31.4 Å². The summed E-state index contributed by atoms with van der Waals surface area (Å²) in [6, 6.07) is 3.96. The van der Waals surface area contributed by atoms with Crippen LogP contribution >= 0.6 is 0 Å². The number of aryl methyl sites for hydroxylation is 1. The van der Waals surface area contributed by atoms with Crippen molar-refractivity contribution in [1.82, 2.24) is 4.98 Å². The van der Waals surface area contributed by atoms with E-state index in [4.69, 9.17) is 9.47 Å². The van der Waals surface area contributed by atoms with E-state index in [1.165, 1.54) is 0 Å². The first-order valence-corrected chi connectivity index (χ1v) is 4.42. The summed E-state index contributed by atoms with van der Waals surface area (Å²) in [4.78, 5) is 4.21. The van der Waals surface area contributed by atoms with Gasteiger partial charge in [-0.05, 0) is 19.9 Å². The van der Waals surface area contributed by atoms with Gasteiger partial charge in [0.15, 0.2) is 5.79 Å². The number of pyridine rings is 1. The molecule has 70 valence electrons. The first-order chi connectivity index (χ1) is 6.21. The Morgan fingerprint density at radius 3 is 2.54 bits per heavy atom. The van der Waals surface area contributed by atoms with Crippen molar-refractivity contribution >= 4 is 0 Å². The lowest BCUT2D eigenvalue weighted by Gasteiger charge is -2.22. The van der Waals surface area contributed by atoms with Crippen LogP contribution in [0.1, 0.15) is 18.2 Å². The lowest BCUT2D eigenvalue weighted by atomic mass is 10.1. The van der Waals surface area contributed by atoms with Crippen LogP contribution in [0.4, 0.5) is 0 Å². The van der Waals surface area contributed by atoms with Crippen LogP contribution in [0, 0.1) is 6.92 Å². The molecule has 0 bridgehead atoms. The second-order valence-corrected chi connectivity index (χ2v) is 3.33. The van der Waals surface area contributed by atoms with Crippen LogP contribution in [0.25, 0.3) is 0 Å². The Balaban J connectivity index is 2.29. The fourth-order valence-corrected chi connectivity index (χ4v) is 1.42. The van der Waals surface area contributed by atoms with E-state index >= 15 is 0 Å². The second-order valence-electron chi connectivity index (χ2n) is 3.33. The van der Waals surface area contributed by atoms with Crippen LogP contribution < -0.4 is 0 Å². The molecule has 0 aliphatic carbocycles. The predicted molar refractivity (Wildman–Crippen MR) is 48.2 cm³/mol. The third-order valence-electron chi connectivity index (χ3n) is 2.27. The third-order valence-corrected chi connectivity index (χ3v) is 2.27. The summed E-state index contributed by atoms with van der Waals surface area (Å²) in [7, 11) is 0. The standard InChI is InChI=1S/C10H13NO2/c1-8-3-4-9(7-11-8)10(2)12-5-6-13-10/h3-4,7H,5-6H2,1-2H3. The van der Waals surface area contributed by atoms with Gasteiger partial charge in [-0.15, -0.1) is 0 Å². The van der Waals surface area contributed by atoms with Crippen molar-refractivity contribution < 1.29 is 9.47 Å². The molecule has 1 fully saturated rings. The Hall–Kier alpha value is -0.930. The first-order valence-electron chi connectivity index (χ1n) is 4.42. The minimum Gasteiger partial charge on any atom is -0.344 e. The third kappa shape index (κ3) is 1.57. The molecule has 0 N–H and O–H groups in total. The maximum atomic E-state index is 5.50. The molecule has 1 aliphatic rings. The molecule has 2 rings (SSSR count). The SMILES string of the molecule is Cc1ccc(C2(C)OCCO2)cn1. The quantitative estimate of drug-likeness (QED) is 0.656. The molecule has 0 spiro atoms. The van der Waals surface area contributed by atoms with Gasteiger partial charge in [0.25, 0.3) is 0 Å². The number of ether oxygens (including phenoxy) is 2. The highest BCUT2D eigenvalue weighted by atomic mass is 16.7. The van der Waals surface area contributed by atoms with Crippen LogP contribution in [-0.4, -0.2) is 18.2 Å². The van der Waals surface area contributed by atoms with Gasteiger partial charge >= 0.3 is 0 Å². The van der Waals surface area contributed by atoms with E-state index in [2.05, 4.69) is 4.98 Å². The predicted octanol–water partition coefficient (Wildman–Crippen LogP) is 1.61. The molecule has 1 aliphatic heterocycles. The van der Waals surface area contributed by atoms with Crippen LogP contribution in [0.3, 0.4) is 0 Å². The van der Waals surface area contributed by atoms with Gasteiger partial charge < -0.3 is 9.47 Å². The van der Waals surface area contributed by atoms with Crippen molar-refractivity contribution in [2.75, 3.05) is 13.2 Å². The largest absolute Gasteiger partial charge is 0.344 e. The van der Waals surface area contributed by atoms with E-state index in [0.29, 0.717) is 13.2 Å². The van der Waals surface area contributed by atoms with Crippen LogP contribution in [-0.2, 0) is 15.3 Å². The number of aromatic nitrogens is 1. The van der Waals surface area contributed by atoms with Gasteiger partial charge in [-0.3, -0.25) is 4.98 Å². The molecule has 0 radical (unpaired) electrons. The Kier molecular flexibility index (Phi) is 2.06. The smallest absolute Gasteiger partial charge is 0.193 e. The minimum absolute atomic E-state index is 0.583. The molecular weight excluding hydrogens is 166 g/mol. The maximum Gasteiger partial charge on any atom is 0.193 e. The lowest BCUT2D eigenvalue weighted by molar-refractivity contribution is -0.149. The van der Waals surface area contributed by atoms with Crippen LogP contribution in [0.15, 0.2) is 18.3 Å². The van der Waals surface area contributed by atoms with Crippen LogP contribution in [0.5, 0.6) is 0 Å². The zero-order chi connectivity index (χ0) is 9.31. The van der Waals surface area contributed by atoms with E-state index in [9.17, 15) is 0 Å². The zero-order valence-electron chi connectivity index (χ0n) is 7.91. The molecule has 0 saturated carbocycles. The zero-order valence-corrected chi connectivity index (χ0v) is 7.91. The summed E-state index contributed by atoms with van der Waals surface area (Å²) >= 11 is 0. The van der Waals surface area contributed by atoms with E-state index in [1.807, 2.05) is 26.0 Å². The number of nitrogens with zero attached hydrogens (tertiary/aromatic N) is 1. The van der Waals surface area contributed by atoms with E-state index in [-0.39, 0.29) is 0 Å². The molecule has 1 saturated heterocycles. The molecule has 3 nitrogen and oxygen atoms in total. The van der Waals surface area contributed by atoms with Crippen molar-refractivity contribution in [3.63, 3.8) is 0 Å². The van der Waals surface area contributed by atoms with Gasteiger partial charge in [-0.2, -0.15) is 0 Å². The average Bonchev–Trinajstić information content (AvgIpc) is 2.54. The number of hydrogen-bond donors (Lipinski definition) is 0. The van der Waals surface area contributed by atoms with Gasteiger partial charge in [0.2, 0.25) is 0 Å². The van der Waals surface area contributed by atoms with Crippen molar-refractivity contribution in [3.05, 3.63) is 29.6 Å². The van der Waals surface area contributed by atoms with Gasteiger partial charge in [0.1, 0.15) is 0 Å². The molecule has 0 amide bonds. The highest BCUT2D eigenvalue weighted by molar-refractivity contribution is 5.18. The summed E-state index contributed by atoms with van der Waals surface area (Å²) in [6.07, 6.45) is 1.81. The Morgan fingerprint density at radius 1 is 1.31 bits per heavy atom. The van der Waals surface area contributed by atoms with Crippen LogP contribution in [0.2, 0.25) is 0 Å². The lowest BCUT2D eigenvalue weighted by Crippen LogP contribution is -2.22. The molecule has 1 aromatic rings. The highest BCUT2D eigenvalue weighted by Gasteiger charge is 2.33. The fourth-order valence-electron chi connectivity index (χ4n) is 1.42. The molecular formula is C10H13NO2. The van der Waals surface area contributed by atoms with Crippen molar-refractivity contribution in [2.24, 2.45) is 0 Å². The first kappa shape index (κ1) is 8.66. The molecule has 1 aromatic heterocycles. The maximum absolute atomic E-state index is 5.50. The van der Waals surface area contributed by atoms with Gasteiger partial charge in [0, 0.05) is 17.5 Å². The van der Waals surface area contributed by atoms with Gasteiger partial charge in [0.05, 0.1) is 13.2 Å². The second kappa shape index (κ2) is 3.09. The van der Waals surface area contributed by atoms with Gasteiger partial charge in [-0.25, -0.2) is 0 Å². The molecule has 3 heteroatoms. The monoisotopic (exact) mass is 179 g/mol. The fraction of sp³-hybridized carbons (Fsp3) is 0.500. The molecule has 13 heavy (non-hydrogen) atoms. The highest BCUT2D eigenvalue weighted by Crippen LogP contribution is 2.29.